The highest BCUT2D eigenvalue weighted by Gasteiger charge is 2.19. The number of nitrogens with zero attached hydrogens (tertiary/aromatic N) is 1. The van der Waals surface area contributed by atoms with Crippen molar-refractivity contribution >= 4 is 39.3 Å². The van der Waals surface area contributed by atoms with Gasteiger partial charge in [0.05, 0.1) is 11.2 Å². The lowest BCUT2D eigenvalue weighted by Crippen LogP contribution is -2.31. The van der Waals surface area contributed by atoms with E-state index in [1.807, 2.05) is 24.3 Å². The van der Waals surface area contributed by atoms with Crippen LogP contribution in [-0.4, -0.2) is 21.8 Å². The van der Waals surface area contributed by atoms with Crippen LogP contribution in [-0.2, 0) is 0 Å². The Morgan fingerprint density at radius 3 is 2.57 bits per heavy atom. The van der Waals surface area contributed by atoms with E-state index in [0.29, 0.717) is 17.0 Å². The molecule has 0 fully saturated rings. The van der Waals surface area contributed by atoms with E-state index < -0.39 is 23.4 Å². The number of carbonyl (C=O) groups is 2. The fourth-order valence-electron chi connectivity index (χ4n) is 2.91. The van der Waals surface area contributed by atoms with Crippen LogP contribution in [0, 0.1) is 11.6 Å². The molecule has 0 saturated carbocycles. The van der Waals surface area contributed by atoms with E-state index in [0.717, 1.165) is 23.0 Å². The standard InChI is InChI=1S/C19H13F2N5O2/c20-9-5-6-14(12(21)7-9)25-26-19(28)17-16-11(8-15(24-17)18(22)27)10-3-1-2-4-13(10)23-16/h1-8,23,25H,(H2,22,27)(H,26,28). The number of benzene rings is 2. The summed E-state index contributed by atoms with van der Waals surface area (Å²) in [5, 5.41) is 1.38. The number of carbonyl (C=O) groups excluding carboxylic acids is 2. The van der Waals surface area contributed by atoms with E-state index in [2.05, 4.69) is 20.8 Å². The maximum Gasteiger partial charge on any atom is 0.290 e. The van der Waals surface area contributed by atoms with Crippen molar-refractivity contribution in [3.63, 3.8) is 0 Å². The lowest BCUT2D eigenvalue weighted by molar-refractivity contribution is 0.0959. The molecule has 0 radical (unpaired) electrons. The maximum absolute atomic E-state index is 13.7. The zero-order chi connectivity index (χ0) is 19.8. The quantitative estimate of drug-likeness (QED) is 0.407. The number of anilines is 1. The number of para-hydroxylation sites is 1. The molecule has 28 heavy (non-hydrogen) atoms. The summed E-state index contributed by atoms with van der Waals surface area (Å²) in [5.41, 5.74) is 10.8. The topological polar surface area (TPSA) is 113 Å². The first-order valence-electron chi connectivity index (χ1n) is 8.16. The van der Waals surface area contributed by atoms with Crippen molar-refractivity contribution in [3.8, 4) is 0 Å². The van der Waals surface area contributed by atoms with Crippen LogP contribution in [0.1, 0.15) is 21.0 Å². The number of nitrogens with two attached hydrogens (primary N) is 1. The number of hydrogen-bond donors (Lipinski definition) is 4. The van der Waals surface area contributed by atoms with Crippen molar-refractivity contribution in [1.29, 1.82) is 0 Å². The minimum absolute atomic E-state index is 0.0876. The van der Waals surface area contributed by atoms with Gasteiger partial charge in [0.25, 0.3) is 11.8 Å². The highest BCUT2D eigenvalue weighted by molar-refractivity contribution is 6.15. The molecule has 9 heteroatoms. The van der Waals surface area contributed by atoms with Crippen molar-refractivity contribution in [1.82, 2.24) is 15.4 Å². The molecule has 0 aliphatic rings. The monoisotopic (exact) mass is 381 g/mol. The van der Waals surface area contributed by atoms with E-state index in [4.69, 9.17) is 5.73 Å². The molecule has 4 rings (SSSR count). The molecule has 2 aromatic heterocycles. The minimum atomic E-state index is -0.880. The number of amides is 2. The van der Waals surface area contributed by atoms with Crippen molar-refractivity contribution in [3.05, 3.63) is 71.6 Å². The molecule has 4 aromatic rings. The van der Waals surface area contributed by atoms with Gasteiger partial charge in [-0.25, -0.2) is 13.8 Å². The van der Waals surface area contributed by atoms with Crippen LogP contribution < -0.4 is 16.6 Å². The van der Waals surface area contributed by atoms with Gasteiger partial charge >= 0.3 is 0 Å². The SMILES string of the molecule is NC(=O)c1cc2c([nH]c3ccccc32)c(C(=O)NNc2ccc(F)cc2F)n1. The Kier molecular flexibility index (Phi) is 4.11. The summed E-state index contributed by atoms with van der Waals surface area (Å²) in [6.07, 6.45) is 0. The zero-order valence-corrected chi connectivity index (χ0v) is 14.2. The fourth-order valence-corrected chi connectivity index (χ4v) is 2.91. The number of aromatic nitrogens is 2. The number of halogens is 2. The number of nitrogens with one attached hydrogen (secondary N) is 3. The van der Waals surface area contributed by atoms with Crippen molar-refractivity contribution in [2.24, 2.45) is 5.73 Å². The number of hydrazine groups is 1. The van der Waals surface area contributed by atoms with Crippen molar-refractivity contribution in [2.75, 3.05) is 5.43 Å². The molecule has 0 bridgehead atoms. The molecule has 5 N–H and O–H groups in total. The largest absolute Gasteiger partial charge is 0.364 e. The second-order valence-corrected chi connectivity index (χ2v) is 6.02. The summed E-state index contributed by atoms with van der Waals surface area (Å²) in [4.78, 5) is 31.4. The molecule has 0 saturated heterocycles. The molecule has 2 aromatic carbocycles. The third kappa shape index (κ3) is 2.98. The summed E-state index contributed by atoms with van der Waals surface area (Å²) >= 11 is 0. The van der Waals surface area contributed by atoms with Crippen LogP contribution in [0.25, 0.3) is 21.8 Å². The summed E-state index contributed by atoms with van der Waals surface area (Å²) in [6, 6.07) is 11.6. The Bertz CT molecular complexity index is 1250. The lowest BCUT2D eigenvalue weighted by atomic mass is 10.1. The summed E-state index contributed by atoms with van der Waals surface area (Å²) in [7, 11) is 0. The molecule has 140 valence electrons. The lowest BCUT2D eigenvalue weighted by Gasteiger charge is -2.10. The van der Waals surface area contributed by atoms with Gasteiger partial charge in [-0.2, -0.15) is 0 Å². The minimum Gasteiger partial charge on any atom is -0.364 e. The van der Waals surface area contributed by atoms with Gasteiger partial charge < -0.3 is 10.7 Å². The van der Waals surface area contributed by atoms with Crippen molar-refractivity contribution in [2.45, 2.75) is 0 Å². The van der Waals surface area contributed by atoms with Crippen LogP contribution in [0.5, 0.6) is 0 Å². The van der Waals surface area contributed by atoms with Crippen LogP contribution >= 0.6 is 0 Å². The van der Waals surface area contributed by atoms with Crippen LogP contribution in [0.15, 0.2) is 48.5 Å². The van der Waals surface area contributed by atoms with Gasteiger partial charge in [-0.1, -0.05) is 18.2 Å². The van der Waals surface area contributed by atoms with Gasteiger partial charge in [0.1, 0.15) is 11.5 Å². The van der Waals surface area contributed by atoms with Gasteiger partial charge in [-0.05, 0) is 24.3 Å². The van der Waals surface area contributed by atoms with E-state index >= 15 is 0 Å². The van der Waals surface area contributed by atoms with Crippen LogP contribution in [0.3, 0.4) is 0 Å². The van der Waals surface area contributed by atoms with Gasteiger partial charge in [0.15, 0.2) is 11.5 Å². The number of primary amides is 1. The highest BCUT2D eigenvalue weighted by atomic mass is 19.1. The predicted octanol–water partition coefficient (Wildman–Crippen LogP) is 2.85. The van der Waals surface area contributed by atoms with Gasteiger partial charge in [0, 0.05) is 22.4 Å². The molecular weight excluding hydrogens is 368 g/mol. The van der Waals surface area contributed by atoms with Crippen molar-refractivity contribution < 1.29 is 18.4 Å². The molecule has 0 unspecified atom stereocenters. The molecule has 2 heterocycles. The molecular formula is C19H13F2N5O2. The first kappa shape index (κ1) is 17.4. The zero-order valence-electron chi connectivity index (χ0n) is 14.2. The Labute approximate surface area is 156 Å². The smallest absolute Gasteiger partial charge is 0.290 e. The van der Waals surface area contributed by atoms with E-state index in [9.17, 15) is 18.4 Å². The third-order valence-corrected chi connectivity index (χ3v) is 4.21. The van der Waals surface area contributed by atoms with E-state index in [1.54, 1.807) is 0 Å². The Morgan fingerprint density at radius 2 is 1.82 bits per heavy atom. The first-order valence-corrected chi connectivity index (χ1v) is 8.16. The predicted molar refractivity (Wildman–Crippen MR) is 99.6 cm³/mol. The summed E-state index contributed by atoms with van der Waals surface area (Å²) < 4.78 is 26.7. The van der Waals surface area contributed by atoms with Crippen LogP contribution in [0.4, 0.5) is 14.5 Å². The van der Waals surface area contributed by atoms with Gasteiger partial charge in [-0.3, -0.25) is 20.4 Å². The average molecular weight is 381 g/mol. The number of hydrogen-bond acceptors (Lipinski definition) is 4. The Balaban J connectivity index is 1.75. The van der Waals surface area contributed by atoms with Crippen LogP contribution in [0.2, 0.25) is 0 Å². The maximum atomic E-state index is 13.7. The van der Waals surface area contributed by atoms with E-state index in [1.165, 1.54) is 6.07 Å². The highest BCUT2D eigenvalue weighted by Crippen LogP contribution is 2.27. The second-order valence-electron chi connectivity index (χ2n) is 6.02. The molecule has 0 aliphatic carbocycles. The number of rotatable bonds is 4. The normalized spacial score (nSPS) is 10.9. The fraction of sp³-hybridized carbons (Fsp3) is 0. The molecule has 0 aliphatic heterocycles. The molecule has 7 nitrogen and oxygen atoms in total. The summed E-state index contributed by atoms with van der Waals surface area (Å²) in [6.45, 7) is 0. The molecule has 0 spiro atoms. The summed E-state index contributed by atoms with van der Waals surface area (Å²) in [5.74, 6) is -3.15. The second kappa shape index (κ2) is 6.62. The first-order chi connectivity index (χ1) is 13.4. The Hall–Kier alpha value is -4.01. The number of pyridine rings is 1. The molecule has 0 atom stereocenters. The molecule has 2 amide bonds. The van der Waals surface area contributed by atoms with Gasteiger partial charge in [-0.15, -0.1) is 0 Å². The third-order valence-electron chi connectivity index (χ3n) is 4.21. The number of H-pyrrole nitrogens is 1. The average Bonchev–Trinajstić information content (AvgIpc) is 3.05. The van der Waals surface area contributed by atoms with E-state index in [-0.39, 0.29) is 17.1 Å². The Morgan fingerprint density at radius 1 is 1.04 bits per heavy atom. The van der Waals surface area contributed by atoms with Gasteiger partial charge in [0.2, 0.25) is 0 Å². The number of aromatic amines is 1. The number of fused-ring (bicyclic) bond motifs is 3.